The number of nitrogens with one attached hydrogen (secondary N) is 2. The zero-order valence-corrected chi connectivity index (χ0v) is 23.3. The first-order valence-electron chi connectivity index (χ1n) is 14.1. The van der Waals surface area contributed by atoms with Crippen LogP contribution in [0.25, 0.3) is 0 Å². The monoisotopic (exact) mass is 549 g/mol. The number of rotatable bonds is 17. The molecule has 38 heavy (non-hydrogen) atoms. The molecule has 2 aliphatic rings. The maximum atomic E-state index is 12.3. The van der Waals surface area contributed by atoms with Gasteiger partial charge in [0.05, 0.1) is 24.2 Å². The van der Waals surface area contributed by atoms with Crippen LogP contribution < -0.4 is 28.4 Å². The maximum absolute atomic E-state index is 12.3. The number of unbranched alkanes of at least 4 members (excludes halogenated alkanes) is 5. The summed E-state index contributed by atoms with van der Waals surface area (Å²) in [5.74, 6) is -0.296. The summed E-state index contributed by atoms with van der Waals surface area (Å²) in [7, 11) is 0. The Morgan fingerprint density at radius 2 is 1.21 bits per heavy atom. The van der Waals surface area contributed by atoms with E-state index in [0.29, 0.717) is 43.5 Å². The van der Waals surface area contributed by atoms with Gasteiger partial charge < -0.3 is 28.4 Å². The van der Waals surface area contributed by atoms with Gasteiger partial charge in [0.15, 0.2) is 0 Å². The van der Waals surface area contributed by atoms with E-state index in [1.165, 1.54) is 31.1 Å². The molecule has 0 aliphatic carbocycles. The first-order chi connectivity index (χ1) is 18.1. The van der Waals surface area contributed by atoms with Gasteiger partial charge in [-0.2, -0.15) is 0 Å². The van der Waals surface area contributed by atoms with Crippen LogP contribution in [0.3, 0.4) is 0 Å². The molecule has 1 aromatic carbocycles. The van der Waals surface area contributed by atoms with Crippen LogP contribution in [0.15, 0.2) is 24.3 Å². The summed E-state index contributed by atoms with van der Waals surface area (Å²) in [5, 5.41) is 8.32. The normalized spacial score (nSPS) is 15.2. The van der Waals surface area contributed by atoms with E-state index in [4.69, 9.17) is 0 Å². The maximum Gasteiger partial charge on any atom is 0.261 e. The number of hydrogen-bond donors (Lipinski definition) is 3. The van der Waals surface area contributed by atoms with Crippen LogP contribution in [0.5, 0.6) is 0 Å². The molecule has 0 aromatic heterocycles. The van der Waals surface area contributed by atoms with Crippen LogP contribution in [0.4, 0.5) is 0 Å². The zero-order valence-electron chi connectivity index (χ0n) is 22.5. The Morgan fingerprint density at radius 3 is 1.79 bits per heavy atom. The van der Waals surface area contributed by atoms with E-state index in [0.717, 1.165) is 58.0 Å². The van der Waals surface area contributed by atoms with Crippen LogP contribution in [-0.2, 0) is 9.59 Å². The number of fused-ring (bicyclic) bond motifs is 1. The number of hydrogen-bond acceptors (Lipinski definition) is 5. The summed E-state index contributed by atoms with van der Waals surface area (Å²) >= 11 is 0. The highest BCUT2D eigenvalue weighted by atomic mass is 35.5. The highest BCUT2D eigenvalue weighted by molar-refractivity contribution is 6.21. The largest absolute Gasteiger partial charge is 1.00 e. The van der Waals surface area contributed by atoms with Crippen molar-refractivity contribution in [1.29, 1.82) is 0 Å². The molecular formula is C28H44ClN5O4. The minimum Gasteiger partial charge on any atom is -1.00 e. The highest BCUT2D eigenvalue weighted by Crippen LogP contribution is 2.22. The van der Waals surface area contributed by atoms with Gasteiger partial charge in [0.1, 0.15) is 0 Å². The summed E-state index contributed by atoms with van der Waals surface area (Å²) in [4.78, 5) is 52.5. The van der Waals surface area contributed by atoms with Crippen molar-refractivity contribution in [2.24, 2.45) is 0 Å². The predicted molar refractivity (Wildman–Crippen MR) is 142 cm³/mol. The van der Waals surface area contributed by atoms with Crippen molar-refractivity contribution < 1.29 is 36.9 Å². The fraction of sp³-hybridized carbons (Fsp3) is 0.643. The van der Waals surface area contributed by atoms with E-state index >= 15 is 0 Å². The first-order valence-corrected chi connectivity index (χ1v) is 14.1. The number of amides is 4. The minimum atomic E-state index is -0.224. The quantitative estimate of drug-likeness (QED) is 0.158. The third kappa shape index (κ3) is 10.7. The molecule has 1 fully saturated rings. The van der Waals surface area contributed by atoms with Crippen molar-refractivity contribution in [2.45, 2.75) is 64.2 Å². The van der Waals surface area contributed by atoms with Gasteiger partial charge in [0, 0.05) is 45.6 Å². The number of benzene rings is 1. The summed E-state index contributed by atoms with van der Waals surface area (Å²) in [5.41, 5.74) is 0.954. The van der Waals surface area contributed by atoms with E-state index in [-0.39, 0.29) is 36.0 Å². The standard InChI is InChI=1S/C28H43N5O4.ClH/c34-25(31-16-8-10-19-32-21-17-29-18-22-32)13-3-1-7-15-30-26(35)14-4-2-9-20-33-27(36)23-11-5-6-12-24(23)28(33)37;/h5-6,11-12,29H,1-4,7-10,13-22H2,(H,30,35)(H,31,34);1H. The number of nitrogens with zero attached hydrogens (tertiary/aromatic N) is 2. The number of carbonyl (C=O) groups is 4. The first kappa shape index (κ1) is 31.7. The fourth-order valence-corrected chi connectivity index (χ4v) is 4.88. The van der Waals surface area contributed by atoms with E-state index in [9.17, 15) is 19.2 Å². The number of halogens is 1. The molecule has 0 bridgehead atoms. The average molecular weight is 550 g/mol. The third-order valence-corrected chi connectivity index (χ3v) is 7.09. The number of carbonyl (C=O) groups excluding carboxylic acids is 4. The molecule has 2 aliphatic heterocycles. The lowest BCUT2D eigenvalue weighted by Gasteiger charge is -2.24. The van der Waals surface area contributed by atoms with Gasteiger partial charge in [-0.15, -0.1) is 0 Å². The van der Waals surface area contributed by atoms with Crippen molar-refractivity contribution in [1.82, 2.24) is 20.4 Å². The Hall–Kier alpha value is -2.49. The average Bonchev–Trinajstić information content (AvgIpc) is 3.15. The van der Waals surface area contributed by atoms with Crippen LogP contribution in [-0.4, -0.2) is 85.8 Å². The Morgan fingerprint density at radius 1 is 0.711 bits per heavy atom. The van der Waals surface area contributed by atoms with Crippen molar-refractivity contribution >= 4 is 23.6 Å². The van der Waals surface area contributed by atoms with E-state index in [1.807, 2.05) is 0 Å². The van der Waals surface area contributed by atoms with Crippen LogP contribution in [0.1, 0.15) is 84.9 Å². The molecule has 4 amide bonds. The van der Waals surface area contributed by atoms with Gasteiger partial charge in [-0.05, 0) is 57.2 Å². The van der Waals surface area contributed by atoms with Gasteiger partial charge >= 0.3 is 0 Å². The smallest absolute Gasteiger partial charge is 0.261 e. The van der Waals surface area contributed by atoms with Crippen LogP contribution in [0, 0.1) is 0 Å². The number of piperazine rings is 1. The number of imide groups is 1. The second kappa shape index (κ2) is 17.9. The SMILES string of the molecule is O=C(CCCCCN1C(=O)c2ccccc2C1=O)NCCCCCC(=O)NCCCCN1CC[NH2+]CC1.[Cl-]. The van der Waals surface area contributed by atoms with Gasteiger partial charge in [-0.1, -0.05) is 25.0 Å². The molecule has 4 N–H and O–H groups in total. The molecule has 3 rings (SSSR count). The van der Waals surface area contributed by atoms with Crippen molar-refractivity contribution in [3.8, 4) is 0 Å². The lowest BCUT2D eigenvalue weighted by molar-refractivity contribution is -0.663. The van der Waals surface area contributed by atoms with Gasteiger partial charge in [-0.3, -0.25) is 29.0 Å². The molecule has 0 radical (unpaired) electrons. The highest BCUT2D eigenvalue weighted by Gasteiger charge is 2.34. The molecule has 2 heterocycles. The Labute approximate surface area is 232 Å². The molecular weight excluding hydrogens is 506 g/mol. The molecule has 10 heteroatoms. The summed E-state index contributed by atoms with van der Waals surface area (Å²) in [6, 6.07) is 6.91. The lowest BCUT2D eigenvalue weighted by atomic mass is 10.1. The molecule has 0 saturated carbocycles. The molecule has 212 valence electrons. The van der Waals surface area contributed by atoms with Crippen LogP contribution in [0.2, 0.25) is 0 Å². The van der Waals surface area contributed by atoms with E-state index < -0.39 is 0 Å². The van der Waals surface area contributed by atoms with E-state index in [1.54, 1.807) is 24.3 Å². The topological polar surface area (TPSA) is 115 Å². The summed E-state index contributed by atoms with van der Waals surface area (Å²) in [6.07, 6.45) is 7.98. The molecule has 0 spiro atoms. The Balaban J connectivity index is 0.00000507. The van der Waals surface area contributed by atoms with Crippen molar-refractivity contribution in [3.63, 3.8) is 0 Å². The van der Waals surface area contributed by atoms with Crippen molar-refractivity contribution in [2.75, 3.05) is 52.4 Å². The van der Waals surface area contributed by atoms with Gasteiger partial charge in [0.2, 0.25) is 11.8 Å². The predicted octanol–water partition coefficient (Wildman–Crippen LogP) is -1.70. The lowest BCUT2D eigenvalue weighted by Crippen LogP contribution is -3.00. The van der Waals surface area contributed by atoms with Crippen LogP contribution >= 0.6 is 0 Å². The molecule has 0 atom stereocenters. The third-order valence-electron chi connectivity index (χ3n) is 7.09. The molecule has 0 unspecified atom stereocenters. The Kier molecular flexibility index (Phi) is 15.0. The Bertz CT molecular complexity index is 872. The zero-order chi connectivity index (χ0) is 26.3. The molecule has 1 aromatic rings. The number of quaternary nitrogens is 1. The summed E-state index contributed by atoms with van der Waals surface area (Å²) in [6.45, 7) is 7.65. The van der Waals surface area contributed by atoms with Gasteiger partial charge in [0.25, 0.3) is 11.8 Å². The van der Waals surface area contributed by atoms with Crippen molar-refractivity contribution in [3.05, 3.63) is 35.4 Å². The fourth-order valence-electron chi connectivity index (χ4n) is 4.88. The molecule has 1 saturated heterocycles. The summed E-state index contributed by atoms with van der Waals surface area (Å²) < 4.78 is 0. The minimum absolute atomic E-state index is 0. The molecule has 9 nitrogen and oxygen atoms in total. The van der Waals surface area contributed by atoms with E-state index in [2.05, 4.69) is 20.9 Å². The van der Waals surface area contributed by atoms with Gasteiger partial charge in [-0.25, -0.2) is 0 Å². The second-order valence-corrected chi connectivity index (χ2v) is 10.0. The number of nitrogens with two attached hydrogens (primary N) is 1. The second-order valence-electron chi connectivity index (χ2n) is 10.0.